The highest BCUT2D eigenvalue weighted by Gasteiger charge is 2.26. The van der Waals surface area contributed by atoms with E-state index in [0.29, 0.717) is 61.3 Å². The van der Waals surface area contributed by atoms with Crippen LogP contribution in [0.1, 0.15) is 16.2 Å². The number of hydrogen-bond acceptors (Lipinski definition) is 7. The Hall–Kier alpha value is -3.53. The maximum absolute atomic E-state index is 13.2. The molecular weight excluding hydrogens is 403 g/mol. The summed E-state index contributed by atoms with van der Waals surface area (Å²) in [6, 6.07) is 11.3. The van der Waals surface area contributed by atoms with Crippen LogP contribution in [-0.4, -0.2) is 76.3 Å². The van der Waals surface area contributed by atoms with Gasteiger partial charge in [-0.05, 0) is 46.8 Å². The van der Waals surface area contributed by atoms with Crippen molar-refractivity contribution < 1.29 is 18.7 Å². The minimum atomic E-state index is -0.313. The van der Waals surface area contributed by atoms with E-state index >= 15 is 0 Å². The summed E-state index contributed by atoms with van der Waals surface area (Å²) in [6.07, 6.45) is 0. The van der Waals surface area contributed by atoms with E-state index in [1.54, 1.807) is 47.0 Å². The molecule has 1 saturated heterocycles. The zero-order valence-electron chi connectivity index (χ0n) is 17.4. The van der Waals surface area contributed by atoms with Crippen molar-refractivity contribution in [1.29, 1.82) is 0 Å². The van der Waals surface area contributed by atoms with Crippen LogP contribution in [0.2, 0.25) is 0 Å². The predicted octanol–water partition coefficient (Wildman–Crippen LogP) is 1.78. The summed E-state index contributed by atoms with van der Waals surface area (Å²) in [4.78, 5) is 17.0. The lowest BCUT2D eigenvalue weighted by Crippen LogP contribution is -2.48. The molecule has 2 aromatic carbocycles. The molecule has 0 saturated carbocycles. The number of benzene rings is 2. The number of tetrazole rings is 1. The number of amides is 1. The molecule has 1 aromatic heterocycles. The van der Waals surface area contributed by atoms with Crippen LogP contribution >= 0.6 is 0 Å². The molecule has 2 heterocycles. The molecule has 9 nitrogen and oxygen atoms in total. The first-order valence-corrected chi connectivity index (χ1v) is 9.86. The largest absolute Gasteiger partial charge is 0.493 e. The Kier molecular flexibility index (Phi) is 6.08. The molecular formula is C21H23FN6O3. The number of piperazine rings is 1. The van der Waals surface area contributed by atoms with Crippen molar-refractivity contribution in [2.75, 3.05) is 40.4 Å². The summed E-state index contributed by atoms with van der Waals surface area (Å²) in [5, 5.41) is 11.9. The molecule has 1 fully saturated rings. The molecule has 0 aliphatic carbocycles. The smallest absolute Gasteiger partial charge is 0.257 e. The summed E-state index contributed by atoms with van der Waals surface area (Å²) >= 11 is 0. The van der Waals surface area contributed by atoms with Gasteiger partial charge in [-0.25, -0.2) is 4.39 Å². The highest BCUT2D eigenvalue weighted by atomic mass is 19.1. The first kappa shape index (κ1) is 20.7. The molecule has 0 atom stereocenters. The van der Waals surface area contributed by atoms with Crippen LogP contribution in [0.15, 0.2) is 42.5 Å². The minimum absolute atomic E-state index is 0.0912. The summed E-state index contributed by atoms with van der Waals surface area (Å²) in [7, 11) is 3.07. The average molecular weight is 426 g/mol. The van der Waals surface area contributed by atoms with Crippen LogP contribution in [0.3, 0.4) is 0 Å². The van der Waals surface area contributed by atoms with Gasteiger partial charge in [0.1, 0.15) is 5.82 Å². The van der Waals surface area contributed by atoms with Crippen LogP contribution in [0.4, 0.5) is 4.39 Å². The lowest BCUT2D eigenvalue weighted by atomic mass is 10.1. The Balaban J connectivity index is 1.41. The van der Waals surface area contributed by atoms with Gasteiger partial charge in [-0.3, -0.25) is 9.69 Å². The average Bonchev–Trinajstić information content (AvgIpc) is 3.27. The normalized spacial score (nSPS) is 14.5. The summed E-state index contributed by atoms with van der Waals surface area (Å²) in [6.45, 7) is 3.01. The van der Waals surface area contributed by atoms with Gasteiger partial charge in [0.05, 0.1) is 32.0 Å². The van der Waals surface area contributed by atoms with E-state index in [9.17, 15) is 9.18 Å². The first-order chi connectivity index (χ1) is 15.1. The standard InChI is InChI=1S/C21H23FN6O3/c1-30-18-5-3-4-17(20(18)31-2)21(29)27-12-10-26(11-13-27)14-19-23-24-25-28(19)16-8-6-15(22)7-9-16/h3-9H,10-14H2,1-2H3. The van der Waals surface area contributed by atoms with Crippen molar-refractivity contribution in [2.45, 2.75) is 6.54 Å². The number of methoxy groups -OCH3 is 2. The predicted molar refractivity (Wildman–Crippen MR) is 110 cm³/mol. The van der Waals surface area contributed by atoms with Gasteiger partial charge in [-0.1, -0.05) is 6.07 Å². The fourth-order valence-electron chi connectivity index (χ4n) is 3.62. The molecule has 162 valence electrons. The first-order valence-electron chi connectivity index (χ1n) is 9.86. The zero-order valence-corrected chi connectivity index (χ0v) is 17.4. The van der Waals surface area contributed by atoms with Crippen LogP contribution < -0.4 is 9.47 Å². The van der Waals surface area contributed by atoms with E-state index < -0.39 is 0 Å². The third-order valence-corrected chi connectivity index (χ3v) is 5.26. The number of rotatable bonds is 6. The molecule has 31 heavy (non-hydrogen) atoms. The number of hydrogen-bond donors (Lipinski definition) is 0. The number of para-hydroxylation sites is 1. The summed E-state index contributed by atoms with van der Waals surface area (Å²) < 4.78 is 25.5. The fourth-order valence-corrected chi connectivity index (χ4v) is 3.62. The lowest BCUT2D eigenvalue weighted by molar-refractivity contribution is 0.0620. The van der Waals surface area contributed by atoms with Gasteiger partial charge in [0.2, 0.25) is 0 Å². The number of aromatic nitrogens is 4. The maximum atomic E-state index is 13.2. The highest BCUT2D eigenvalue weighted by molar-refractivity contribution is 5.97. The van der Waals surface area contributed by atoms with Crippen molar-refractivity contribution in [2.24, 2.45) is 0 Å². The van der Waals surface area contributed by atoms with Gasteiger partial charge < -0.3 is 14.4 Å². The van der Waals surface area contributed by atoms with Gasteiger partial charge in [-0.15, -0.1) is 5.10 Å². The van der Waals surface area contributed by atoms with Gasteiger partial charge >= 0.3 is 0 Å². The Morgan fingerprint density at radius 3 is 2.45 bits per heavy atom. The fraction of sp³-hybridized carbons (Fsp3) is 0.333. The van der Waals surface area contributed by atoms with E-state index in [1.165, 1.54) is 19.2 Å². The Bertz CT molecular complexity index is 1050. The van der Waals surface area contributed by atoms with Crippen molar-refractivity contribution in [1.82, 2.24) is 30.0 Å². The maximum Gasteiger partial charge on any atom is 0.257 e. The quantitative estimate of drug-likeness (QED) is 0.594. The summed E-state index contributed by atoms with van der Waals surface area (Å²) in [5.74, 6) is 1.22. The van der Waals surface area contributed by atoms with E-state index in [4.69, 9.17) is 9.47 Å². The third-order valence-electron chi connectivity index (χ3n) is 5.26. The number of nitrogens with zero attached hydrogens (tertiary/aromatic N) is 6. The van der Waals surface area contributed by atoms with Crippen molar-refractivity contribution in [3.63, 3.8) is 0 Å². The molecule has 1 aliphatic heterocycles. The van der Waals surface area contributed by atoms with Crippen molar-refractivity contribution >= 4 is 5.91 Å². The third kappa shape index (κ3) is 4.33. The molecule has 10 heteroatoms. The van der Waals surface area contributed by atoms with Gasteiger partial charge in [0.15, 0.2) is 17.3 Å². The van der Waals surface area contributed by atoms with Crippen LogP contribution in [0.5, 0.6) is 11.5 Å². The highest BCUT2D eigenvalue weighted by Crippen LogP contribution is 2.31. The van der Waals surface area contributed by atoms with E-state index in [0.717, 1.165) is 0 Å². The SMILES string of the molecule is COc1cccc(C(=O)N2CCN(Cc3nnnn3-c3ccc(F)cc3)CC2)c1OC. The Morgan fingerprint density at radius 2 is 1.77 bits per heavy atom. The molecule has 1 aliphatic rings. The van der Waals surface area contributed by atoms with Crippen LogP contribution in [0.25, 0.3) is 5.69 Å². The zero-order chi connectivity index (χ0) is 21.8. The second kappa shape index (κ2) is 9.09. The van der Waals surface area contributed by atoms with Gasteiger partial charge in [-0.2, -0.15) is 4.68 Å². The number of carbonyl (C=O) groups excluding carboxylic acids is 1. The molecule has 4 rings (SSSR count). The number of carbonyl (C=O) groups is 1. The minimum Gasteiger partial charge on any atom is -0.493 e. The van der Waals surface area contributed by atoms with E-state index in [-0.39, 0.29) is 11.7 Å². The van der Waals surface area contributed by atoms with Crippen molar-refractivity contribution in [3.05, 3.63) is 59.7 Å². The number of halogens is 1. The molecule has 0 radical (unpaired) electrons. The molecule has 0 N–H and O–H groups in total. The second-order valence-electron chi connectivity index (χ2n) is 7.09. The van der Waals surface area contributed by atoms with E-state index in [2.05, 4.69) is 20.4 Å². The summed E-state index contributed by atoms with van der Waals surface area (Å²) in [5.41, 5.74) is 1.18. The monoisotopic (exact) mass is 426 g/mol. The topological polar surface area (TPSA) is 85.6 Å². The molecule has 1 amide bonds. The van der Waals surface area contributed by atoms with Gasteiger partial charge in [0, 0.05) is 26.2 Å². The Morgan fingerprint density at radius 1 is 1.03 bits per heavy atom. The van der Waals surface area contributed by atoms with Crippen LogP contribution in [-0.2, 0) is 6.54 Å². The van der Waals surface area contributed by atoms with Crippen molar-refractivity contribution in [3.8, 4) is 17.2 Å². The number of ether oxygens (including phenoxy) is 2. The molecule has 0 bridgehead atoms. The lowest BCUT2D eigenvalue weighted by Gasteiger charge is -2.34. The molecule has 3 aromatic rings. The Labute approximate surface area is 179 Å². The van der Waals surface area contributed by atoms with Gasteiger partial charge in [0.25, 0.3) is 5.91 Å². The van der Waals surface area contributed by atoms with Crippen LogP contribution in [0, 0.1) is 5.82 Å². The molecule has 0 spiro atoms. The molecule has 0 unspecified atom stereocenters. The van der Waals surface area contributed by atoms with E-state index in [1.807, 2.05) is 0 Å². The second-order valence-corrected chi connectivity index (χ2v) is 7.09.